The van der Waals surface area contributed by atoms with Gasteiger partial charge in [0.25, 0.3) is 0 Å². The van der Waals surface area contributed by atoms with E-state index in [1.165, 1.54) is 17.4 Å². The lowest BCUT2D eigenvalue weighted by Gasteiger charge is -2.21. The molecule has 0 unspecified atom stereocenters. The van der Waals surface area contributed by atoms with Gasteiger partial charge in [-0.2, -0.15) is 0 Å². The number of amides is 2. The van der Waals surface area contributed by atoms with Crippen molar-refractivity contribution in [2.24, 2.45) is 0 Å². The van der Waals surface area contributed by atoms with Gasteiger partial charge in [0.15, 0.2) is 0 Å². The molecule has 132 valence electrons. The Morgan fingerprint density at radius 1 is 1.12 bits per heavy atom. The number of carbonyl (C=O) groups excluding carboxylic acids is 2. The van der Waals surface area contributed by atoms with Gasteiger partial charge in [0.1, 0.15) is 6.54 Å². The van der Waals surface area contributed by atoms with Crippen LogP contribution in [0.15, 0.2) is 42.5 Å². The standard InChI is InChI=1S/C20H23ClN2O2/c1-13(2)16-6-9-18(10-7-16)23(15(4)24)12-20(25)22-19-11-17(21)8-5-14(19)3/h5-11,13H,12H2,1-4H3,(H,22,25). The number of halogens is 1. The lowest BCUT2D eigenvalue weighted by atomic mass is 10.0. The first-order chi connectivity index (χ1) is 11.8. The molecule has 2 aromatic rings. The van der Waals surface area contributed by atoms with Gasteiger partial charge in [-0.15, -0.1) is 0 Å². The summed E-state index contributed by atoms with van der Waals surface area (Å²) in [5.41, 5.74) is 3.45. The number of anilines is 2. The fourth-order valence-corrected chi connectivity index (χ4v) is 2.66. The van der Waals surface area contributed by atoms with Crippen LogP contribution in [0.4, 0.5) is 11.4 Å². The summed E-state index contributed by atoms with van der Waals surface area (Å²) < 4.78 is 0. The fourth-order valence-electron chi connectivity index (χ4n) is 2.49. The Bertz CT molecular complexity index is 770. The van der Waals surface area contributed by atoms with E-state index in [9.17, 15) is 9.59 Å². The molecule has 2 amide bonds. The van der Waals surface area contributed by atoms with Gasteiger partial charge in [0, 0.05) is 23.3 Å². The summed E-state index contributed by atoms with van der Waals surface area (Å²) in [7, 11) is 0. The summed E-state index contributed by atoms with van der Waals surface area (Å²) >= 11 is 5.98. The first-order valence-corrected chi connectivity index (χ1v) is 8.59. The summed E-state index contributed by atoms with van der Waals surface area (Å²) in [6.07, 6.45) is 0. The smallest absolute Gasteiger partial charge is 0.244 e. The first kappa shape index (κ1) is 19.0. The Hall–Kier alpha value is -2.33. The molecule has 0 saturated carbocycles. The molecule has 2 rings (SSSR count). The van der Waals surface area contributed by atoms with Gasteiger partial charge in [-0.3, -0.25) is 9.59 Å². The number of benzene rings is 2. The molecule has 0 aromatic heterocycles. The Morgan fingerprint density at radius 2 is 1.76 bits per heavy atom. The second kappa shape index (κ2) is 8.17. The van der Waals surface area contributed by atoms with E-state index in [4.69, 9.17) is 11.6 Å². The van der Waals surface area contributed by atoms with Crippen LogP contribution >= 0.6 is 11.6 Å². The number of nitrogens with zero attached hydrogens (tertiary/aromatic N) is 1. The number of carbonyl (C=O) groups is 2. The zero-order chi connectivity index (χ0) is 18.6. The molecule has 0 aliphatic rings. The van der Waals surface area contributed by atoms with Crippen LogP contribution in [0, 0.1) is 6.92 Å². The minimum atomic E-state index is -0.270. The average molecular weight is 359 g/mol. The first-order valence-electron chi connectivity index (χ1n) is 8.22. The molecule has 0 radical (unpaired) electrons. The predicted octanol–water partition coefficient (Wildman–Crippen LogP) is 4.76. The van der Waals surface area contributed by atoms with E-state index in [2.05, 4.69) is 19.2 Å². The maximum atomic E-state index is 12.4. The van der Waals surface area contributed by atoms with E-state index in [0.717, 1.165) is 5.56 Å². The van der Waals surface area contributed by atoms with E-state index >= 15 is 0 Å². The number of hydrogen-bond acceptors (Lipinski definition) is 2. The Balaban J connectivity index is 2.14. The number of nitrogens with one attached hydrogen (secondary N) is 1. The van der Waals surface area contributed by atoms with Gasteiger partial charge in [-0.25, -0.2) is 0 Å². The van der Waals surface area contributed by atoms with Gasteiger partial charge in [-0.05, 0) is 48.2 Å². The topological polar surface area (TPSA) is 49.4 Å². The monoisotopic (exact) mass is 358 g/mol. The number of aryl methyl sites for hydroxylation is 1. The highest BCUT2D eigenvalue weighted by atomic mass is 35.5. The van der Waals surface area contributed by atoms with Crippen LogP contribution in [0.25, 0.3) is 0 Å². The third-order valence-corrected chi connectivity index (χ3v) is 4.26. The SMILES string of the molecule is CC(=O)N(CC(=O)Nc1cc(Cl)ccc1C)c1ccc(C(C)C)cc1. The van der Waals surface area contributed by atoms with E-state index in [-0.39, 0.29) is 18.4 Å². The maximum absolute atomic E-state index is 12.4. The maximum Gasteiger partial charge on any atom is 0.244 e. The van der Waals surface area contributed by atoms with Gasteiger partial charge >= 0.3 is 0 Å². The third-order valence-electron chi connectivity index (χ3n) is 4.03. The van der Waals surface area contributed by atoms with Crippen LogP contribution < -0.4 is 10.2 Å². The lowest BCUT2D eigenvalue weighted by Crippen LogP contribution is -2.36. The average Bonchev–Trinajstić information content (AvgIpc) is 2.56. The highest BCUT2D eigenvalue weighted by molar-refractivity contribution is 6.31. The van der Waals surface area contributed by atoms with Crippen molar-refractivity contribution in [1.82, 2.24) is 0 Å². The molecule has 5 heteroatoms. The number of hydrogen-bond donors (Lipinski definition) is 1. The normalized spacial score (nSPS) is 10.6. The van der Waals surface area contributed by atoms with E-state index in [1.54, 1.807) is 12.1 Å². The summed E-state index contributed by atoms with van der Waals surface area (Å²) in [5.74, 6) is -0.0438. The molecular formula is C20H23ClN2O2. The molecule has 0 heterocycles. The Kier molecular flexibility index (Phi) is 6.21. The zero-order valence-electron chi connectivity index (χ0n) is 15.0. The van der Waals surface area contributed by atoms with Crippen LogP contribution in [-0.4, -0.2) is 18.4 Å². The van der Waals surface area contributed by atoms with E-state index < -0.39 is 0 Å². The molecule has 25 heavy (non-hydrogen) atoms. The van der Waals surface area contributed by atoms with Crippen molar-refractivity contribution in [3.8, 4) is 0 Å². The van der Waals surface area contributed by atoms with E-state index in [1.807, 2.05) is 37.3 Å². The molecule has 0 aliphatic carbocycles. The summed E-state index contributed by atoms with van der Waals surface area (Å²) in [5, 5.41) is 3.37. The second-order valence-electron chi connectivity index (χ2n) is 6.36. The highest BCUT2D eigenvalue weighted by Gasteiger charge is 2.16. The molecular weight excluding hydrogens is 336 g/mol. The van der Waals surface area contributed by atoms with Crippen molar-refractivity contribution < 1.29 is 9.59 Å². The summed E-state index contributed by atoms with van der Waals surface area (Å²) in [6.45, 7) is 7.51. The summed E-state index contributed by atoms with van der Waals surface area (Å²) in [4.78, 5) is 25.8. The van der Waals surface area contributed by atoms with Gasteiger partial charge in [0.05, 0.1) is 0 Å². The molecule has 2 aromatic carbocycles. The van der Waals surface area contributed by atoms with Crippen LogP contribution in [0.3, 0.4) is 0 Å². The Morgan fingerprint density at radius 3 is 2.32 bits per heavy atom. The van der Waals surface area contributed by atoms with Crippen molar-refractivity contribution in [3.63, 3.8) is 0 Å². The lowest BCUT2D eigenvalue weighted by molar-refractivity contribution is -0.120. The molecule has 0 aliphatic heterocycles. The van der Waals surface area contributed by atoms with Crippen molar-refractivity contribution >= 4 is 34.8 Å². The fraction of sp³-hybridized carbons (Fsp3) is 0.300. The van der Waals surface area contributed by atoms with Crippen molar-refractivity contribution in [1.29, 1.82) is 0 Å². The second-order valence-corrected chi connectivity index (χ2v) is 6.80. The molecule has 1 N–H and O–H groups in total. The van der Waals surface area contributed by atoms with Gasteiger partial charge in [0.2, 0.25) is 11.8 Å². The quantitative estimate of drug-likeness (QED) is 0.837. The predicted molar refractivity (Wildman–Crippen MR) is 103 cm³/mol. The van der Waals surface area contributed by atoms with Crippen LogP contribution in [0.2, 0.25) is 5.02 Å². The summed E-state index contributed by atoms with van der Waals surface area (Å²) in [6, 6.07) is 13.0. The van der Waals surface area contributed by atoms with Gasteiger partial charge < -0.3 is 10.2 Å². The minimum Gasteiger partial charge on any atom is -0.324 e. The largest absolute Gasteiger partial charge is 0.324 e. The van der Waals surface area contributed by atoms with Crippen LogP contribution in [0.1, 0.15) is 37.8 Å². The Labute approximate surface area is 153 Å². The molecule has 0 saturated heterocycles. The number of rotatable bonds is 5. The third kappa shape index (κ3) is 5.07. The van der Waals surface area contributed by atoms with E-state index in [0.29, 0.717) is 22.3 Å². The highest BCUT2D eigenvalue weighted by Crippen LogP contribution is 2.22. The molecule has 0 atom stereocenters. The molecule has 0 spiro atoms. The van der Waals surface area contributed by atoms with Crippen LogP contribution in [-0.2, 0) is 9.59 Å². The van der Waals surface area contributed by atoms with Crippen molar-refractivity contribution in [2.45, 2.75) is 33.6 Å². The minimum absolute atomic E-state index is 0.0533. The van der Waals surface area contributed by atoms with Gasteiger partial charge in [-0.1, -0.05) is 43.6 Å². The zero-order valence-corrected chi connectivity index (χ0v) is 15.7. The molecule has 0 bridgehead atoms. The van der Waals surface area contributed by atoms with Crippen molar-refractivity contribution in [2.75, 3.05) is 16.8 Å². The van der Waals surface area contributed by atoms with Crippen LogP contribution in [0.5, 0.6) is 0 Å². The molecule has 0 fully saturated rings. The molecule has 4 nitrogen and oxygen atoms in total. The van der Waals surface area contributed by atoms with Crippen molar-refractivity contribution in [3.05, 3.63) is 58.6 Å².